The van der Waals surface area contributed by atoms with E-state index in [4.69, 9.17) is 31.0 Å². The molecule has 4 aliphatic heterocycles. The molecule has 2 aromatic carbocycles. The van der Waals surface area contributed by atoms with Crippen LogP contribution < -0.4 is 14.5 Å². The van der Waals surface area contributed by atoms with Crippen molar-refractivity contribution in [2.24, 2.45) is 0 Å². The molecule has 0 radical (unpaired) electrons. The van der Waals surface area contributed by atoms with Crippen molar-refractivity contribution in [2.75, 3.05) is 75.6 Å². The number of likely N-dealkylation sites (tertiary alicyclic amines) is 1. The number of ether oxygens (including phenoxy) is 2. The quantitative estimate of drug-likeness (QED) is 0.332. The lowest BCUT2D eigenvalue weighted by Gasteiger charge is -2.47. The van der Waals surface area contributed by atoms with E-state index in [9.17, 15) is 9.18 Å². The van der Waals surface area contributed by atoms with Gasteiger partial charge in [-0.25, -0.2) is 4.39 Å². The van der Waals surface area contributed by atoms with Crippen LogP contribution in [0.15, 0.2) is 48.6 Å². The van der Waals surface area contributed by atoms with Crippen molar-refractivity contribution in [3.05, 3.63) is 64.8 Å². The van der Waals surface area contributed by atoms with Crippen LogP contribution in [0.1, 0.15) is 30.5 Å². The summed E-state index contributed by atoms with van der Waals surface area (Å²) in [5, 5.41) is 2.91. The van der Waals surface area contributed by atoms with Gasteiger partial charge in [0.2, 0.25) is 5.91 Å². The molecule has 1 amide bonds. The van der Waals surface area contributed by atoms with Gasteiger partial charge < -0.3 is 24.2 Å². The third kappa shape index (κ3) is 6.33. The zero-order valence-corrected chi connectivity index (χ0v) is 26.3. The standard InChI is InChI=1S/C34H40ClFN6O3/c35-28-6-1-4-24-5-2-7-30(32(24)28)41-14-10-27-29(22-41)37-34(45-23-26-9-15-42(26)25-11-20-44-21-12-25)38-33(27)40-18-16-39(17-19-40)31(43)8-3-13-36/h1-8,25-26H,9-23H2/b8-3+. The molecule has 5 heterocycles. The predicted molar refractivity (Wildman–Crippen MR) is 174 cm³/mol. The second-order valence-corrected chi connectivity index (χ2v) is 12.7. The Bertz CT molecular complexity index is 1550. The zero-order valence-electron chi connectivity index (χ0n) is 25.5. The summed E-state index contributed by atoms with van der Waals surface area (Å²) in [4.78, 5) is 31.4. The lowest BCUT2D eigenvalue weighted by molar-refractivity contribution is -0.126. The van der Waals surface area contributed by atoms with Gasteiger partial charge in [-0.3, -0.25) is 9.69 Å². The third-order valence-corrected chi connectivity index (χ3v) is 10.0. The maximum absolute atomic E-state index is 12.6. The number of halogens is 2. The van der Waals surface area contributed by atoms with Gasteiger partial charge >= 0.3 is 6.01 Å². The molecule has 1 atom stereocenters. The minimum absolute atomic E-state index is 0.153. The normalized spacial score (nSPS) is 21.3. The summed E-state index contributed by atoms with van der Waals surface area (Å²) in [6, 6.07) is 13.7. The van der Waals surface area contributed by atoms with Gasteiger partial charge in [0.25, 0.3) is 0 Å². The first-order chi connectivity index (χ1) is 22.1. The number of piperazine rings is 1. The van der Waals surface area contributed by atoms with Gasteiger partial charge in [-0.05, 0) is 49.3 Å². The van der Waals surface area contributed by atoms with E-state index in [0.717, 1.165) is 90.5 Å². The van der Waals surface area contributed by atoms with Gasteiger partial charge in [0.05, 0.1) is 17.3 Å². The molecule has 11 heteroatoms. The molecular weight excluding hydrogens is 595 g/mol. The molecule has 0 saturated carbocycles. The lowest BCUT2D eigenvalue weighted by atomic mass is 9.96. The summed E-state index contributed by atoms with van der Waals surface area (Å²) < 4.78 is 24.6. The number of nitrogens with zero attached hydrogens (tertiary/aromatic N) is 6. The number of amides is 1. The van der Waals surface area contributed by atoms with Crippen LogP contribution >= 0.6 is 11.6 Å². The van der Waals surface area contributed by atoms with E-state index in [1.807, 2.05) is 12.1 Å². The van der Waals surface area contributed by atoms with E-state index in [0.29, 0.717) is 57.4 Å². The number of benzene rings is 2. The van der Waals surface area contributed by atoms with Crippen LogP contribution in [0.4, 0.5) is 15.9 Å². The maximum atomic E-state index is 12.6. The van der Waals surface area contributed by atoms with Gasteiger partial charge in [-0.15, -0.1) is 0 Å². The Morgan fingerprint density at radius 2 is 1.80 bits per heavy atom. The summed E-state index contributed by atoms with van der Waals surface area (Å²) in [6.45, 7) is 6.48. The van der Waals surface area contributed by atoms with E-state index >= 15 is 0 Å². The van der Waals surface area contributed by atoms with Crippen molar-refractivity contribution in [3.63, 3.8) is 0 Å². The monoisotopic (exact) mass is 634 g/mol. The maximum Gasteiger partial charge on any atom is 0.318 e. The molecule has 0 N–H and O–H groups in total. The number of anilines is 2. The van der Waals surface area contributed by atoms with Crippen LogP contribution in [0.25, 0.3) is 10.8 Å². The number of fused-ring (bicyclic) bond motifs is 2. The molecule has 3 fully saturated rings. The topological polar surface area (TPSA) is 74.3 Å². The van der Waals surface area contributed by atoms with Gasteiger partial charge in [-0.2, -0.15) is 9.97 Å². The largest absolute Gasteiger partial charge is 0.462 e. The molecule has 7 rings (SSSR count). The number of hydrogen-bond donors (Lipinski definition) is 0. The molecule has 0 spiro atoms. The molecule has 1 aromatic heterocycles. The fourth-order valence-corrected chi connectivity index (χ4v) is 7.44. The molecule has 3 saturated heterocycles. The number of rotatable bonds is 8. The third-order valence-electron chi connectivity index (χ3n) is 9.69. The second-order valence-electron chi connectivity index (χ2n) is 12.2. The average Bonchev–Trinajstić information content (AvgIpc) is 3.06. The molecule has 3 aromatic rings. The molecule has 1 unspecified atom stereocenters. The van der Waals surface area contributed by atoms with Crippen LogP contribution in [0, 0.1) is 0 Å². The Hall–Kier alpha value is -3.47. The summed E-state index contributed by atoms with van der Waals surface area (Å²) >= 11 is 6.71. The molecule has 45 heavy (non-hydrogen) atoms. The average molecular weight is 635 g/mol. The highest BCUT2D eigenvalue weighted by Gasteiger charge is 2.36. The SMILES string of the molecule is O=C(/C=C/CF)N1CCN(c2nc(OCC3CCN3C3CCOCC3)nc3c2CCN(c2cccc4cccc(Cl)c24)C3)CC1. The number of hydrogen-bond acceptors (Lipinski definition) is 8. The van der Waals surface area contributed by atoms with Crippen LogP contribution in [0.5, 0.6) is 6.01 Å². The molecule has 238 valence electrons. The van der Waals surface area contributed by atoms with Crippen molar-refractivity contribution in [1.29, 1.82) is 0 Å². The van der Waals surface area contributed by atoms with Crippen molar-refractivity contribution < 1.29 is 18.7 Å². The van der Waals surface area contributed by atoms with Crippen molar-refractivity contribution in [2.45, 2.75) is 44.3 Å². The first-order valence-electron chi connectivity index (χ1n) is 16.1. The molecule has 0 aliphatic carbocycles. The van der Waals surface area contributed by atoms with Crippen LogP contribution in [0.3, 0.4) is 0 Å². The van der Waals surface area contributed by atoms with E-state index in [-0.39, 0.29) is 5.91 Å². The van der Waals surface area contributed by atoms with Gasteiger partial charge in [-0.1, -0.05) is 35.9 Å². The Kier molecular flexibility index (Phi) is 9.05. The van der Waals surface area contributed by atoms with Crippen molar-refractivity contribution in [1.82, 2.24) is 19.8 Å². The van der Waals surface area contributed by atoms with Crippen molar-refractivity contribution >= 4 is 39.8 Å². The lowest BCUT2D eigenvalue weighted by Crippen LogP contribution is -2.57. The summed E-state index contributed by atoms with van der Waals surface area (Å²) in [6.07, 6.45) is 6.62. The molecular formula is C34H40ClFN6O3. The smallest absolute Gasteiger partial charge is 0.318 e. The first kappa shape index (κ1) is 30.2. The minimum Gasteiger partial charge on any atom is -0.462 e. The molecule has 0 bridgehead atoms. The summed E-state index contributed by atoms with van der Waals surface area (Å²) in [5.41, 5.74) is 3.19. The van der Waals surface area contributed by atoms with Crippen LogP contribution in [0.2, 0.25) is 5.02 Å². The van der Waals surface area contributed by atoms with Crippen LogP contribution in [-0.2, 0) is 22.5 Å². The second kappa shape index (κ2) is 13.5. The van der Waals surface area contributed by atoms with E-state index in [1.54, 1.807) is 4.90 Å². The zero-order chi connectivity index (χ0) is 30.8. The Labute approximate surface area is 268 Å². The molecule has 4 aliphatic rings. The van der Waals surface area contributed by atoms with Crippen LogP contribution in [-0.4, -0.2) is 104 Å². The van der Waals surface area contributed by atoms with E-state index in [1.165, 1.54) is 12.2 Å². The highest BCUT2D eigenvalue weighted by atomic mass is 35.5. The fourth-order valence-electron chi connectivity index (χ4n) is 7.16. The fraction of sp³-hybridized carbons (Fsp3) is 0.500. The predicted octanol–water partition coefficient (Wildman–Crippen LogP) is 4.65. The van der Waals surface area contributed by atoms with Gasteiger partial charge in [0.15, 0.2) is 0 Å². The minimum atomic E-state index is -0.642. The van der Waals surface area contributed by atoms with Crippen molar-refractivity contribution in [3.8, 4) is 6.01 Å². The number of carbonyl (C=O) groups excluding carboxylic acids is 1. The number of allylic oxidation sites excluding steroid dienone is 1. The summed E-state index contributed by atoms with van der Waals surface area (Å²) in [5.74, 6) is 0.743. The summed E-state index contributed by atoms with van der Waals surface area (Å²) in [7, 11) is 0. The van der Waals surface area contributed by atoms with Gasteiger partial charge in [0.1, 0.15) is 19.1 Å². The van der Waals surface area contributed by atoms with E-state index < -0.39 is 6.67 Å². The van der Waals surface area contributed by atoms with E-state index in [2.05, 4.69) is 39.0 Å². The number of alkyl halides is 1. The Morgan fingerprint density at radius 3 is 2.56 bits per heavy atom. The highest BCUT2D eigenvalue weighted by molar-refractivity contribution is 6.36. The Morgan fingerprint density at radius 1 is 1.00 bits per heavy atom. The highest BCUT2D eigenvalue weighted by Crippen LogP contribution is 2.37. The number of aromatic nitrogens is 2. The first-order valence-corrected chi connectivity index (χ1v) is 16.5. The number of carbonyl (C=O) groups is 1. The van der Waals surface area contributed by atoms with Gasteiger partial charge in [0, 0.05) is 87.3 Å². The Balaban J connectivity index is 1.14. The molecule has 9 nitrogen and oxygen atoms in total.